The molecule has 0 spiro atoms. The Kier molecular flexibility index (Phi) is 0.612. The normalized spacial score (nSPS) is 76.5. The second-order valence-corrected chi connectivity index (χ2v) is 5.52. The van der Waals surface area contributed by atoms with Crippen molar-refractivity contribution in [1.29, 1.82) is 0 Å². The summed E-state index contributed by atoms with van der Waals surface area (Å²) in [7, 11) is 0. The van der Waals surface area contributed by atoms with Crippen molar-refractivity contribution in [3.05, 3.63) is 0 Å². The quantitative estimate of drug-likeness (QED) is 0.480. The molecule has 0 N–H and O–H groups in total. The minimum absolute atomic E-state index is 0.804. The van der Waals surface area contributed by atoms with E-state index in [1.165, 1.54) is 6.42 Å². The van der Waals surface area contributed by atoms with Gasteiger partial charge in [0.25, 0.3) is 0 Å². The van der Waals surface area contributed by atoms with Crippen LogP contribution in [0.3, 0.4) is 0 Å². The Bertz CT molecular complexity index is 198. The molecule has 0 bridgehead atoms. The molecule has 0 aliphatic heterocycles. The van der Waals surface area contributed by atoms with Gasteiger partial charge >= 0.3 is 0 Å². The minimum Gasteiger partial charge on any atom is -0.0622 e. The van der Waals surface area contributed by atoms with Crippen molar-refractivity contribution in [1.82, 2.24) is 0 Å². The second-order valence-electron chi connectivity index (χ2n) is 5.52. The molecule has 5 atom stereocenters. The summed E-state index contributed by atoms with van der Waals surface area (Å²) in [6.45, 7) is 7.45. The Morgan fingerprint density at radius 3 is 2.30 bits per heavy atom. The zero-order valence-electron chi connectivity index (χ0n) is 7.15. The van der Waals surface area contributed by atoms with Crippen molar-refractivity contribution in [2.24, 2.45) is 28.6 Å². The van der Waals surface area contributed by atoms with Gasteiger partial charge in [-0.25, -0.2) is 0 Å². The van der Waals surface area contributed by atoms with Crippen LogP contribution in [0, 0.1) is 28.6 Å². The van der Waals surface area contributed by atoms with Gasteiger partial charge in [-0.1, -0.05) is 20.8 Å². The highest BCUT2D eigenvalue weighted by Crippen LogP contribution is 2.88. The predicted octanol–water partition coefficient (Wildman–Crippen LogP) is 2.69. The Morgan fingerprint density at radius 2 is 2.00 bits per heavy atom. The van der Waals surface area contributed by atoms with E-state index in [0.717, 1.165) is 28.6 Å². The van der Waals surface area contributed by atoms with Gasteiger partial charge in [-0.2, -0.15) is 0 Å². The van der Waals surface area contributed by atoms with Gasteiger partial charge in [0.05, 0.1) is 0 Å². The van der Waals surface area contributed by atoms with Crippen molar-refractivity contribution < 1.29 is 0 Å². The van der Waals surface area contributed by atoms with Gasteiger partial charge in [-0.05, 0) is 41.4 Å². The van der Waals surface area contributed by atoms with E-state index in [4.69, 9.17) is 0 Å². The molecule has 0 aromatic rings. The van der Waals surface area contributed by atoms with E-state index in [0.29, 0.717) is 0 Å². The summed E-state index contributed by atoms with van der Waals surface area (Å²) < 4.78 is 0. The summed E-state index contributed by atoms with van der Waals surface area (Å²) in [6.07, 6.45) is 3.07. The van der Waals surface area contributed by atoms with Crippen LogP contribution in [0.1, 0.15) is 33.6 Å². The van der Waals surface area contributed by atoms with Gasteiger partial charge in [0.2, 0.25) is 0 Å². The fourth-order valence-corrected chi connectivity index (χ4v) is 4.95. The topological polar surface area (TPSA) is 0 Å². The van der Waals surface area contributed by atoms with Crippen molar-refractivity contribution >= 4 is 0 Å². The number of rotatable bonds is 0. The summed E-state index contributed by atoms with van der Waals surface area (Å²) in [5.41, 5.74) is 1.64. The van der Waals surface area contributed by atoms with Crippen LogP contribution in [0.15, 0.2) is 0 Å². The predicted molar refractivity (Wildman–Crippen MR) is 41.6 cm³/mol. The third-order valence-corrected chi connectivity index (χ3v) is 4.66. The highest BCUT2D eigenvalue weighted by molar-refractivity contribution is 5.29. The van der Waals surface area contributed by atoms with Crippen LogP contribution in [-0.2, 0) is 0 Å². The van der Waals surface area contributed by atoms with Crippen LogP contribution in [0.2, 0.25) is 0 Å². The lowest BCUT2D eigenvalue weighted by atomic mass is 9.60. The molecule has 0 amide bonds. The molecule has 0 nitrogen and oxygen atoms in total. The lowest BCUT2D eigenvalue weighted by molar-refractivity contribution is 0.0442. The highest BCUT2D eigenvalue weighted by atomic mass is 14.9. The SMILES string of the molecule is CC1CC2(C)CC3(C)C1C23. The molecule has 0 aromatic carbocycles. The van der Waals surface area contributed by atoms with Gasteiger partial charge < -0.3 is 0 Å². The molecular weight excluding hydrogens is 120 g/mol. The monoisotopic (exact) mass is 136 g/mol. The number of hydrogen-bond acceptors (Lipinski definition) is 0. The van der Waals surface area contributed by atoms with Crippen LogP contribution in [0.5, 0.6) is 0 Å². The zero-order valence-corrected chi connectivity index (χ0v) is 7.15. The maximum atomic E-state index is 2.50. The van der Waals surface area contributed by atoms with Crippen molar-refractivity contribution in [3.8, 4) is 0 Å². The van der Waals surface area contributed by atoms with E-state index in [1.54, 1.807) is 6.42 Å². The fraction of sp³-hybridized carbons (Fsp3) is 1.00. The molecule has 3 saturated carbocycles. The minimum atomic E-state index is 0.804. The Hall–Kier alpha value is 0. The lowest BCUT2D eigenvalue weighted by Gasteiger charge is -2.45. The molecular formula is C10H16. The maximum absolute atomic E-state index is 2.50. The maximum Gasteiger partial charge on any atom is -0.0250 e. The summed E-state index contributed by atoms with van der Waals surface area (Å²) in [5.74, 6) is 3.33. The van der Waals surface area contributed by atoms with Crippen molar-refractivity contribution in [3.63, 3.8) is 0 Å². The number of fused-ring (bicyclic) bond motifs is 1. The molecule has 0 saturated heterocycles. The first kappa shape index (κ1) is 5.62. The second kappa shape index (κ2) is 1.09. The molecule has 10 heavy (non-hydrogen) atoms. The third kappa shape index (κ3) is 0.320. The Morgan fingerprint density at radius 1 is 1.30 bits per heavy atom. The average Bonchev–Trinajstić information content (AvgIpc) is 2.19. The average molecular weight is 136 g/mol. The third-order valence-electron chi connectivity index (χ3n) is 4.66. The summed E-state index contributed by atoms with van der Waals surface area (Å²) in [6, 6.07) is 0. The number of hydrogen-bond donors (Lipinski definition) is 0. The van der Waals surface area contributed by atoms with Crippen molar-refractivity contribution in [2.45, 2.75) is 33.6 Å². The van der Waals surface area contributed by atoms with Crippen molar-refractivity contribution in [2.75, 3.05) is 0 Å². The summed E-state index contributed by atoms with van der Waals surface area (Å²) in [5, 5.41) is 0. The van der Waals surface area contributed by atoms with Gasteiger partial charge in [0.1, 0.15) is 0 Å². The van der Waals surface area contributed by atoms with Gasteiger partial charge in [0, 0.05) is 0 Å². The van der Waals surface area contributed by atoms with E-state index in [1.807, 2.05) is 0 Å². The first-order valence-corrected chi connectivity index (χ1v) is 4.58. The van der Waals surface area contributed by atoms with Gasteiger partial charge in [-0.3, -0.25) is 0 Å². The van der Waals surface area contributed by atoms with Crippen LogP contribution in [0.25, 0.3) is 0 Å². The molecule has 0 aromatic heterocycles. The van der Waals surface area contributed by atoms with E-state index in [2.05, 4.69) is 20.8 Å². The molecule has 0 radical (unpaired) electrons. The lowest BCUT2D eigenvalue weighted by Crippen LogP contribution is -2.36. The van der Waals surface area contributed by atoms with Crippen LogP contribution in [-0.4, -0.2) is 0 Å². The van der Waals surface area contributed by atoms with E-state index in [9.17, 15) is 0 Å². The first-order chi connectivity index (χ1) is 4.58. The largest absolute Gasteiger partial charge is 0.0622 e. The summed E-state index contributed by atoms with van der Waals surface area (Å²) >= 11 is 0. The summed E-state index contributed by atoms with van der Waals surface area (Å²) in [4.78, 5) is 0. The molecule has 3 aliphatic rings. The molecule has 3 fully saturated rings. The first-order valence-electron chi connectivity index (χ1n) is 4.58. The van der Waals surface area contributed by atoms with Gasteiger partial charge in [-0.15, -0.1) is 0 Å². The fourth-order valence-electron chi connectivity index (χ4n) is 4.95. The van der Waals surface area contributed by atoms with Gasteiger partial charge in [0.15, 0.2) is 0 Å². The standard InChI is InChI=1S/C10H16/c1-6-4-9(2)5-10(3)7(6)8(9)10/h6-8H,4-5H2,1-3H3. The Labute approximate surface area is 63.0 Å². The molecule has 3 aliphatic carbocycles. The highest BCUT2D eigenvalue weighted by Gasteiger charge is 2.81. The molecule has 5 unspecified atom stereocenters. The molecule has 0 heteroatoms. The van der Waals surface area contributed by atoms with Crippen LogP contribution < -0.4 is 0 Å². The zero-order chi connectivity index (χ0) is 7.15. The molecule has 3 rings (SSSR count). The van der Waals surface area contributed by atoms with Crippen LogP contribution in [0.4, 0.5) is 0 Å². The Balaban J connectivity index is 2.03. The smallest absolute Gasteiger partial charge is 0.0250 e. The molecule has 0 heterocycles. The molecule has 56 valence electrons. The van der Waals surface area contributed by atoms with E-state index >= 15 is 0 Å². The van der Waals surface area contributed by atoms with E-state index < -0.39 is 0 Å². The van der Waals surface area contributed by atoms with Crippen LogP contribution >= 0.6 is 0 Å². The van der Waals surface area contributed by atoms with E-state index in [-0.39, 0.29) is 0 Å².